The van der Waals surface area contributed by atoms with Crippen LogP contribution in [0.3, 0.4) is 0 Å². The molecule has 2 rings (SSSR count). The van der Waals surface area contributed by atoms with Gasteiger partial charge in [-0.05, 0) is 24.1 Å². The van der Waals surface area contributed by atoms with Gasteiger partial charge in [0.1, 0.15) is 0 Å². The highest BCUT2D eigenvalue weighted by Crippen LogP contribution is 2.41. The van der Waals surface area contributed by atoms with Crippen LogP contribution in [0.1, 0.15) is 18.1 Å². The molecule has 1 heterocycles. The second-order valence-corrected chi connectivity index (χ2v) is 4.85. The van der Waals surface area contributed by atoms with E-state index in [9.17, 15) is 13.2 Å². The Hall–Kier alpha value is -0.940. The van der Waals surface area contributed by atoms with Gasteiger partial charge in [0, 0.05) is 18.1 Å². The number of hydrogen-bond acceptors (Lipinski definition) is 2. The van der Waals surface area contributed by atoms with Crippen LogP contribution in [-0.2, 0) is 17.3 Å². The molecular formula is C13H15ClF3NO. The number of hydrogen-bond donors (Lipinski definition) is 0. The zero-order valence-corrected chi connectivity index (χ0v) is 11.3. The molecule has 19 heavy (non-hydrogen) atoms. The number of ether oxygens (including phenoxy) is 1. The molecule has 0 aliphatic carbocycles. The summed E-state index contributed by atoms with van der Waals surface area (Å²) >= 11 is 5.94. The standard InChI is InChI=1S/C13H15ClF3NO/c1-2-9-7-10(14)8-11(12(9)13(15,16)17)18-3-5-19-6-4-18/h7-8H,2-6H2,1H3. The van der Waals surface area contributed by atoms with E-state index in [0.717, 1.165) is 0 Å². The van der Waals surface area contributed by atoms with Crippen LogP contribution in [0.2, 0.25) is 5.02 Å². The summed E-state index contributed by atoms with van der Waals surface area (Å²) in [5.41, 5.74) is -0.164. The molecule has 1 aromatic carbocycles. The van der Waals surface area contributed by atoms with Crippen molar-refractivity contribution in [3.8, 4) is 0 Å². The summed E-state index contributed by atoms with van der Waals surface area (Å²) in [6.07, 6.45) is -4.07. The third kappa shape index (κ3) is 3.15. The van der Waals surface area contributed by atoms with Crippen molar-refractivity contribution in [1.82, 2.24) is 0 Å². The highest BCUT2D eigenvalue weighted by Gasteiger charge is 2.37. The van der Waals surface area contributed by atoms with E-state index in [1.807, 2.05) is 0 Å². The lowest BCUT2D eigenvalue weighted by Gasteiger charge is -2.32. The molecule has 0 bridgehead atoms. The largest absolute Gasteiger partial charge is 0.418 e. The van der Waals surface area contributed by atoms with Gasteiger partial charge < -0.3 is 9.64 Å². The molecule has 2 nitrogen and oxygen atoms in total. The maximum atomic E-state index is 13.3. The summed E-state index contributed by atoms with van der Waals surface area (Å²) in [5.74, 6) is 0. The van der Waals surface area contributed by atoms with E-state index in [0.29, 0.717) is 37.7 Å². The highest BCUT2D eigenvalue weighted by molar-refractivity contribution is 6.31. The number of anilines is 1. The molecule has 1 saturated heterocycles. The molecule has 1 aliphatic heterocycles. The summed E-state index contributed by atoms with van der Waals surface area (Å²) in [6.45, 7) is 3.47. The number of morpholine rings is 1. The van der Waals surface area contributed by atoms with Gasteiger partial charge >= 0.3 is 6.18 Å². The first kappa shape index (κ1) is 14.5. The second-order valence-electron chi connectivity index (χ2n) is 4.41. The lowest BCUT2D eigenvalue weighted by atomic mass is 10.0. The van der Waals surface area contributed by atoms with E-state index in [4.69, 9.17) is 16.3 Å². The summed E-state index contributed by atoms with van der Waals surface area (Å²) < 4.78 is 45.0. The smallest absolute Gasteiger partial charge is 0.378 e. The average Bonchev–Trinajstić information content (AvgIpc) is 2.37. The molecule has 0 saturated carbocycles. The normalized spacial score (nSPS) is 16.8. The molecule has 1 aliphatic rings. The zero-order valence-electron chi connectivity index (χ0n) is 10.6. The van der Waals surface area contributed by atoms with E-state index >= 15 is 0 Å². The van der Waals surface area contributed by atoms with Crippen molar-refractivity contribution in [2.45, 2.75) is 19.5 Å². The molecule has 106 valence electrons. The van der Waals surface area contributed by atoms with Crippen LogP contribution in [0.15, 0.2) is 12.1 Å². The Bertz CT molecular complexity index is 456. The lowest BCUT2D eigenvalue weighted by molar-refractivity contribution is -0.137. The molecule has 0 aromatic heterocycles. The Labute approximate surface area is 115 Å². The van der Waals surface area contributed by atoms with Crippen LogP contribution in [-0.4, -0.2) is 26.3 Å². The molecule has 0 spiro atoms. The van der Waals surface area contributed by atoms with Gasteiger partial charge in [0.25, 0.3) is 0 Å². The number of halogens is 4. The van der Waals surface area contributed by atoms with Crippen LogP contribution in [0.5, 0.6) is 0 Å². The predicted molar refractivity (Wildman–Crippen MR) is 68.9 cm³/mol. The van der Waals surface area contributed by atoms with E-state index in [2.05, 4.69) is 0 Å². The number of rotatable bonds is 2. The Morgan fingerprint density at radius 2 is 1.89 bits per heavy atom. The lowest BCUT2D eigenvalue weighted by Crippen LogP contribution is -2.37. The first-order valence-electron chi connectivity index (χ1n) is 6.15. The first-order valence-corrected chi connectivity index (χ1v) is 6.53. The molecule has 0 N–H and O–H groups in total. The van der Waals surface area contributed by atoms with Gasteiger partial charge in [-0.15, -0.1) is 0 Å². The van der Waals surface area contributed by atoms with Crippen molar-refractivity contribution in [3.63, 3.8) is 0 Å². The zero-order chi connectivity index (χ0) is 14.0. The van der Waals surface area contributed by atoms with Gasteiger partial charge in [-0.3, -0.25) is 0 Å². The molecule has 1 aromatic rings. The van der Waals surface area contributed by atoms with Crippen molar-refractivity contribution < 1.29 is 17.9 Å². The minimum absolute atomic E-state index is 0.167. The second kappa shape index (κ2) is 5.59. The van der Waals surface area contributed by atoms with E-state index in [1.165, 1.54) is 12.1 Å². The average molecular weight is 294 g/mol. The summed E-state index contributed by atoms with van der Waals surface area (Å²) in [4.78, 5) is 1.69. The molecule has 0 radical (unpaired) electrons. The quantitative estimate of drug-likeness (QED) is 0.823. The Morgan fingerprint density at radius 3 is 2.42 bits per heavy atom. The van der Waals surface area contributed by atoms with Gasteiger partial charge in [0.15, 0.2) is 0 Å². The van der Waals surface area contributed by atoms with Crippen molar-refractivity contribution in [1.29, 1.82) is 0 Å². The summed E-state index contributed by atoms with van der Waals surface area (Å²) in [6, 6.07) is 2.79. The third-order valence-electron chi connectivity index (χ3n) is 3.18. The van der Waals surface area contributed by atoms with Crippen molar-refractivity contribution in [2.24, 2.45) is 0 Å². The summed E-state index contributed by atoms with van der Waals surface area (Å²) in [7, 11) is 0. The molecular weight excluding hydrogens is 279 g/mol. The maximum Gasteiger partial charge on any atom is 0.418 e. The first-order chi connectivity index (χ1) is 8.93. The monoisotopic (exact) mass is 293 g/mol. The van der Waals surface area contributed by atoms with Gasteiger partial charge in [0.05, 0.1) is 24.5 Å². The number of alkyl halides is 3. The molecule has 0 amide bonds. The van der Waals surface area contributed by atoms with Gasteiger partial charge in [0.2, 0.25) is 0 Å². The van der Waals surface area contributed by atoms with Crippen LogP contribution in [0.25, 0.3) is 0 Å². The maximum absolute atomic E-state index is 13.3. The van der Waals surface area contributed by atoms with Crippen LogP contribution in [0, 0.1) is 0 Å². The van der Waals surface area contributed by atoms with Crippen molar-refractivity contribution >= 4 is 17.3 Å². The predicted octanol–water partition coefficient (Wildman–Crippen LogP) is 3.76. The topological polar surface area (TPSA) is 12.5 Å². The SMILES string of the molecule is CCc1cc(Cl)cc(N2CCOCC2)c1C(F)(F)F. The molecule has 0 unspecified atom stereocenters. The van der Waals surface area contributed by atoms with Crippen LogP contribution >= 0.6 is 11.6 Å². The molecule has 6 heteroatoms. The fourth-order valence-electron chi connectivity index (χ4n) is 2.31. The summed E-state index contributed by atoms with van der Waals surface area (Å²) in [5, 5.41) is 0.339. The molecule has 0 atom stereocenters. The fourth-order valence-corrected chi connectivity index (χ4v) is 2.54. The number of nitrogens with zero attached hydrogens (tertiary/aromatic N) is 1. The Balaban J connectivity index is 2.53. The van der Waals surface area contributed by atoms with Gasteiger partial charge in [-0.1, -0.05) is 18.5 Å². The van der Waals surface area contributed by atoms with Crippen molar-refractivity contribution in [3.05, 3.63) is 28.3 Å². The van der Waals surface area contributed by atoms with Crippen LogP contribution in [0.4, 0.5) is 18.9 Å². The number of benzene rings is 1. The van der Waals surface area contributed by atoms with E-state index in [1.54, 1.807) is 11.8 Å². The van der Waals surface area contributed by atoms with Gasteiger partial charge in [-0.25, -0.2) is 0 Å². The number of aryl methyl sites for hydroxylation is 1. The fraction of sp³-hybridized carbons (Fsp3) is 0.538. The van der Waals surface area contributed by atoms with Crippen molar-refractivity contribution in [2.75, 3.05) is 31.2 Å². The highest BCUT2D eigenvalue weighted by atomic mass is 35.5. The molecule has 1 fully saturated rings. The Kier molecular flexibility index (Phi) is 4.26. The van der Waals surface area contributed by atoms with E-state index in [-0.39, 0.29) is 11.3 Å². The van der Waals surface area contributed by atoms with Gasteiger partial charge in [-0.2, -0.15) is 13.2 Å². The van der Waals surface area contributed by atoms with Crippen LogP contribution < -0.4 is 4.90 Å². The minimum atomic E-state index is -4.37. The third-order valence-corrected chi connectivity index (χ3v) is 3.40. The van der Waals surface area contributed by atoms with E-state index < -0.39 is 11.7 Å². The Morgan fingerprint density at radius 1 is 1.26 bits per heavy atom. The minimum Gasteiger partial charge on any atom is -0.378 e.